The molecule has 0 amide bonds. The van der Waals surface area contributed by atoms with Gasteiger partial charge >= 0.3 is 0 Å². The molecule has 0 aliphatic rings. The molecule has 0 aromatic carbocycles. The van der Waals surface area contributed by atoms with Crippen LogP contribution >= 0.6 is 11.8 Å². The van der Waals surface area contributed by atoms with E-state index >= 15 is 0 Å². The second-order valence-electron chi connectivity index (χ2n) is 3.15. The Balaban J connectivity index is 4.28. The van der Waals surface area contributed by atoms with Gasteiger partial charge in [-0.3, -0.25) is 0 Å². The van der Waals surface area contributed by atoms with E-state index in [2.05, 4.69) is 4.72 Å². The first kappa shape index (κ1) is 12.8. The first-order valence-electron chi connectivity index (χ1n) is 3.75. The van der Waals surface area contributed by atoms with Crippen molar-refractivity contribution in [3.05, 3.63) is 0 Å². The number of thioether (sulfide) groups is 1. The van der Waals surface area contributed by atoms with Crippen molar-refractivity contribution in [1.29, 1.82) is 5.26 Å². The van der Waals surface area contributed by atoms with Crippen LogP contribution in [0, 0.1) is 11.3 Å². The van der Waals surface area contributed by atoms with Crippen LogP contribution in [-0.2, 0) is 10.0 Å². The Hall–Kier alpha value is -0.250. The van der Waals surface area contributed by atoms with Crippen molar-refractivity contribution in [3.8, 4) is 6.07 Å². The molecule has 0 saturated heterocycles. The van der Waals surface area contributed by atoms with Gasteiger partial charge in [-0.1, -0.05) is 0 Å². The van der Waals surface area contributed by atoms with Gasteiger partial charge in [0.25, 0.3) is 0 Å². The zero-order valence-electron chi connectivity index (χ0n) is 7.99. The summed E-state index contributed by atoms with van der Waals surface area (Å²) in [5.74, 6) is 0.593. The molecule has 0 unspecified atom stereocenters. The van der Waals surface area contributed by atoms with E-state index in [0.29, 0.717) is 5.75 Å². The second-order valence-corrected chi connectivity index (χ2v) is 5.98. The third-order valence-electron chi connectivity index (χ3n) is 1.25. The molecule has 0 atom stereocenters. The Kier molecular flexibility index (Phi) is 4.75. The standard InChI is InChI=1S/C7H14N2O2S2/c1-7(2,6-8)9-13(10,11)5-4-12-3/h9H,4-5H2,1-3H3. The van der Waals surface area contributed by atoms with Gasteiger partial charge in [-0.25, -0.2) is 8.42 Å². The Morgan fingerprint density at radius 3 is 2.46 bits per heavy atom. The minimum atomic E-state index is -3.31. The van der Waals surface area contributed by atoms with E-state index < -0.39 is 15.6 Å². The Bertz CT molecular complexity index is 290. The van der Waals surface area contributed by atoms with E-state index in [0.717, 1.165) is 0 Å². The summed E-state index contributed by atoms with van der Waals surface area (Å²) in [5, 5.41) is 8.60. The largest absolute Gasteiger partial charge is 0.213 e. The lowest BCUT2D eigenvalue weighted by molar-refractivity contribution is 0.537. The van der Waals surface area contributed by atoms with Gasteiger partial charge in [0.05, 0.1) is 11.8 Å². The van der Waals surface area contributed by atoms with Crippen molar-refractivity contribution in [3.63, 3.8) is 0 Å². The molecular weight excluding hydrogens is 208 g/mol. The maximum absolute atomic E-state index is 11.3. The first-order valence-corrected chi connectivity index (χ1v) is 6.79. The first-order chi connectivity index (χ1) is 5.83. The molecule has 0 aliphatic carbocycles. The summed E-state index contributed by atoms with van der Waals surface area (Å²) in [5.41, 5.74) is -1.02. The van der Waals surface area contributed by atoms with Gasteiger partial charge in [-0.05, 0) is 20.1 Å². The zero-order valence-corrected chi connectivity index (χ0v) is 9.63. The minimum Gasteiger partial charge on any atom is -0.212 e. The molecule has 0 aliphatic heterocycles. The van der Waals surface area contributed by atoms with Gasteiger partial charge in [0, 0.05) is 5.75 Å². The van der Waals surface area contributed by atoms with E-state index in [-0.39, 0.29) is 5.75 Å². The molecule has 1 N–H and O–H groups in total. The Morgan fingerprint density at radius 2 is 2.08 bits per heavy atom. The van der Waals surface area contributed by atoms with Crippen LogP contribution in [0.15, 0.2) is 0 Å². The summed E-state index contributed by atoms with van der Waals surface area (Å²) < 4.78 is 24.9. The molecule has 0 heterocycles. The van der Waals surface area contributed by atoms with Crippen LogP contribution in [0.1, 0.15) is 13.8 Å². The van der Waals surface area contributed by atoms with Gasteiger partial charge in [-0.2, -0.15) is 21.7 Å². The van der Waals surface area contributed by atoms with Crippen LogP contribution in [0.4, 0.5) is 0 Å². The summed E-state index contributed by atoms with van der Waals surface area (Å²) in [6.07, 6.45) is 1.84. The number of nitrogens with one attached hydrogen (secondary N) is 1. The molecule has 0 bridgehead atoms. The van der Waals surface area contributed by atoms with Gasteiger partial charge in [0.1, 0.15) is 5.54 Å². The van der Waals surface area contributed by atoms with Gasteiger partial charge in [0.15, 0.2) is 0 Å². The van der Waals surface area contributed by atoms with Crippen LogP contribution in [0.5, 0.6) is 0 Å². The van der Waals surface area contributed by atoms with Crippen LogP contribution in [0.2, 0.25) is 0 Å². The molecule has 0 radical (unpaired) electrons. The predicted molar refractivity (Wildman–Crippen MR) is 55.0 cm³/mol. The van der Waals surface area contributed by atoms with Crippen molar-refractivity contribution in [2.45, 2.75) is 19.4 Å². The van der Waals surface area contributed by atoms with E-state index in [1.54, 1.807) is 0 Å². The monoisotopic (exact) mass is 222 g/mol. The third kappa shape index (κ3) is 5.91. The summed E-state index contributed by atoms with van der Waals surface area (Å²) >= 11 is 1.46. The average Bonchev–Trinajstić information content (AvgIpc) is 1.99. The molecule has 0 aromatic heterocycles. The third-order valence-corrected chi connectivity index (χ3v) is 3.68. The number of nitrogens with zero attached hydrogens (tertiary/aromatic N) is 1. The highest BCUT2D eigenvalue weighted by atomic mass is 32.2. The van der Waals surface area contributed by atoms with Gasteiger partial charge < -0.3 is 0 Å². The Labute approximate surface area is 83.8 Å². The Morgan fingerprint density at radius 1 is 1.54 bits per heavy atom. The van der Waals surface area contributed by atoms with Crippen molar-refractivity contribution in [2.75, 3.05) is 17.8 Å². The lowest BCUT2D eigenvalue weighted by Crippen LogP contribution is -2.43. The van der Waals surface area contributed by atoms with E-state index in [9.17, 15) is 8.42 Å². The average molecular weight is 222 g/mol. The number of hydrogen-bond donors (Lipinski definition) is 1. The predicted octanol–water partition coefficient (Wildman–Crippen LogP) is 0.571. The van der Waals surface area contributed by atoms with E-state index in [4.69, 9.17) is 5.26 Å². The van der Waals surface area contributed by atoms with Crippen molar-refractivity contribution in [1.82, 2.24) is 4.72 Å². The molecule has 0 fully saturated rings. The second kappa shape index (κ2) is 4.84. The highest BCUT2D eigenvalue weighted by Crippen LogP contribution is 2.03. The highest BCUT2D eigenvalue weighted by Gasteiger charge is 2.23. The number of rotatable bonds is 5. The molecule has 0 rings (SSSR count). The van der Waals surface area contributed by atoms with Crippen molar-refractivity contribution in [2.24, 2.45) is 0 Å². The minimum absolute atomic E-state index is 0.0548. The van der Waals surface area contributed by atoms with Crippen LogP contribution in [0.3, 0.4) is 0 Å². The molecule has 0 saturated carbocycles. The summed E-state index contributed by atoms with van der Waals surface area (Å²) in [6, 6.07) is 1.88. The van der Waals surface area contributed by atoms with Crippen LogP contribution < -0.4 is 4.72 Å². The molecule has 6 heteroatoms. The van der Waals surface area contributed by atoms with Gasteiger partial charge in [0.2, 0.25) is 10.0 Å². The van der Waals surface area contributed by atoms with Crippen LogP contribution in [-0.4, -0.2) is 31.7 Å². The lowest BCUT2D eigenvalue weighted by Gasteiger charge is -2.16. The highest BCUT2D eigenvalue weighted by molar-refractivity contribution is 7.99. The summed E-state index contributed by atoms with van der Waals surface area (Å²) in [7, 11) is -3.31. The molecule has 0 aromatic rings. The quantitative estimate of drug-likeness (QED) is 0.738. The van der Waals surface area contributed by atoms with E-state index in [1.807, 2.05) is 12.3 Å². The molecule has 76 valence electrons. The lowest BCUT2D eigenvalue weighted by atomic mass is 10.1. The smallest absolute Gasteiger partial charge is 0.212 e. The molecule has 4 nitrogen and oxygen atoms in total. The fraction of sp³-hybridized carbons (Fsp3) is 0.857. The SMILES string of the molecule is CSCCS(=O)(=O)NC(C)(C)C#N. The number of hydrogen-bond acceptors (Lipinski definition) is 4. The fourth-order valence-electron chi connectivity index (χ4n) is 0.656. The normalized spacial score (nSPS) is 12.5. The maximum atomic E-state index is 11.3. The summed E-state index contributed by atoms with van der Waals surface area (Å²) in [6.45, 7) is 3.06. The summed E-state index contributed by atoms with van der Waals surface area (Å²) in [4.78, 5) is 0. The van der Waals surface area contributed by atoms with Gasteiger partial charge in [-0.15, -0.1) is 0 Å². The van der Waals surface area contributed by atoms with Crippen molar-refractivity contribution < 1.29 is 8.42 Å². The van der Waals surface area contributed by atoms with Crippen LogP contribution in [0.25, 0.3) is 0 Å². The van der Waals surface area contributed by atoms with E-state index in [1.165, 1.54) is 25.6 Å². The topological polar surface area (TPSA) is 70.0 Å². The zero-order chi connectivity index (χ0) is 10.5. The molecule has 0 spiro atoms. The molecule has 13 heavy (non-hydrogen) atoms. The fourth-order valence-corrected chi connectivity index (χ4v) is 3.13. The molecular formula is C7H14N2O2S2. The maximum Gasteiger partial charge on any atom is 0.213 e. The number of nitriles is 1. The number of sulfonamides is 1. The van der Waals surface area contributed by atoms with Crippen molar-refractivity contribution >= 4 is 21.8 Å².